The van der Waals surface area contributed by atoms with E-state index in [4.69, 9.17) is 0 Å². The van der Waals surface area contributed by atoms with Gasteiger partial charge in [0.05, 0.1) is 5.97 Å². The first-order valence-corrected chi connectivity index (χ1v) is 2.49. The molecule has 0 aliphatic rings. The summed E-state index contributed by atoms with van der Waals surface area (Å²) in [6, 6.07) is -1.31. The minimum absolute atomic E-state index is 0. The van der Waals surface area contributed by atoms with Crippen LogP contribution in [0.1, 0.15) is 0 Å². The van der Waals surface area contributed by atoms with Gasteiger partial charge in [-0.05, 0) is 0 Å². The monoisotopic (exact) mass is 157 g/mol. The Balaban J connectivity index is 0. The first-order chi connectivity index (χ1) is 3.72. The summed E-state index contributed by atoms with van der Waals surface area (Å²) in [6.07, 6.45) is 0. The first-order valence-electron chi connectivity index (χ1n) is 1.86. The molecular formula is C3H4NNaO3S. The number of rotatable bonds is 3. The molecule has 0 unspecified atom stereocenters. The van der Waals surface area contributed by atoms with Crippen molar-refractivity contribution in [3.05, 3.63) is 4.91 Å². The first kappa shape index (κ1) is 12.1. The van der Waals surface area contributed by atoms with E-state index in [2.05, 4.69) is 17.8 Å². The minimum Gasteiger partial charge on any atom is -0.548 e. The van der Waals surface area contributed by atoms with E-state index in [0.717, 1.165) is 0 Å². The van der Waals surface area contributed by atoms with Gasteiger partial charge in [0, 0.05) is 5.75 Å². The molecule has 0 N–H and O–H groups in total. The molecule has 0 bridgehead atoms. The fourth-order valence-corrected chi connectivity index (χ4v) is 0.367. The number of thiol groups is 1. The van der Waals surface area contributed by atoms with E-state index >= 15 is 0 Å². The summed E-state index contributed by atoms with van der Waals surface area (Å²) in [5, 5.41) is 11.9. The molecule has 0 aliphatic heterocycles. The Morgan fingerprint density at radius 2 is 2.22 bits per heavy atom. The molecule has 0 radical (unpaired) electrons. The van der Waals surface area contributed by atoms with Crippen molar-refractivity contribution in [2.45, 2.75) is 6.04 Å². The van der Waals surface area contributed by atoms with E-state index in [1.165, 1.54) is 0 Å². The third-order valence-corrected chi connectivity index (χ3v) is 0.918. The van der Waals surface area contributed by atoms with Crippen molar-refractivity contribution in [1.82, 2.24) is 0 Å². The third-order valence-electron chi connectivity index (χ3n) is 0.572. The molecular weight excluding hydrogens is 153 g/mol. The molecule has 0 saturated heterocycles. The van der Waals surface area contributed by atoms with Gasteiger partial charge in [0.15, 0.2) is 0 Å². The number of hydrogen-bond acceptors (Lipinski definition) is 5. The molecule has 0 spiro atoms. The van der Waals surface area contributed by atoms with Crippen LogP contribution >= 0.6 is 12.6 Å². The maximum absolute atomic E-state index is 9.71. The van der Waals surface area contributed by atoms with Gasteiger partial charge in [-0.2, -0.15) is 17.5 Å². The van der Waals surface area contributed by atoms with E-state index in [9.17, 15) is 14.8 Å². The van der Waals surface area contributed by atoms with Gasteiger partial charge in [0.1, 0.15) is 6.04 Å². The molecule has 0 aromatic heterocycles. The molecule has 0 aromatic carbocycles. The van der Waals surface area contributed by atoms with Gasteiger partial charge in [-0.15, -0.1) is 0 Å². The summed E-state index contributed by atoms with van der Waals surface area (Å²) in [4.78, 5) is 19.2. The van der Waals surface area contributed by atoms with Gasteiger partial charge in [-0.3, -0.25) is 0 Å². The van der Waals surface area contributed by atoms with Crippen molar-refractivity contribution >= 4 is 18.6 Å². The summed E-state index contributed by atoms with van der Waals surface area (Å²) in [7, 11) is 0. The Kier molecular flexibility index (Phi) is 8.81. The number of carboxylic acids is 1. The zero-order valence-electron chi connectivity index (χ0n) is 4.90. The van der Waals surface area contributed by atoms with Crippen molar-refractivity contribution < 1.29 is 39.5 Å². The molecule has 0 heterocycles. The molecule has 0 amide bonds. The average Bonchev–Trinajstić information content (AvgIpc) is 1.69. The number of carbonyl (C=O) groups is 1. The molecule has 1 atom stereocenters. The minimum atomic E-state index is -1.48. The third kappa shape index (κ3) is 4.90. The molecule has 6 heteroatoms. The number of hydrogen-bond donors (Lipinski definition) is 1. The predicted molar refractivity (Wildman–Crippen MR) is 28.4 cm³/mol. The van der Waals surface area contributed by atoms with Crippen LogP contribution < -0.4 is 34.7 Å². The summed E-state index contributed by atoms with van der Waals surface area (Å²) >= 11 is 3.52. The molecule has 0 fully saturated rings. The largest absolute Gasteiger partial charge is 1.00 e. The van der Waals surface area contributed by atoms with Crippen LogP contribution in [0.4, 0.5) is 0 Å². The van der Waals surface area contributed by atoms with E-state index in [1.807, 2.05) is 0 Å². The second-order valence-electron chi connectivity index (χ2n) is 1.12. The zero-order valence-corrected chi connectivity index (χ0v) is 7.80. The fourth-order valence-electron chi connectivity index (χ4n) is 0.151. The van der Waals surface area contributed by atoms with Gasteiger partial charge in [0.25, 0.3) is 0 Å². The number of aliphatic carboxylic acids is 1. The average molecular weight is 157 g/mol. The van der Waals surface area contributed by atoms with Crippen LogP contribution in [0.5, 0.6) is 0 Å². The second kappa shape index (κ2) is 6.54. The number of carboxylic acid groups (broad SMARTS) is 1. The predicted octanol–water partition coefficient (Wildman–Crippen LogP) is -4.19. The Morgan fingerprint density at radius 1 is 1.78 bits per heavy atom. The molecule has 0 aliphatic carbocycles. The van der Waals surface area contributed by atoms with Crippen molar-refractivity contribution in [3.8, 4) is 0 Å². The van der Waals surface area contributed by atoms with Crippen molar-refractivity contribution in [3.63, 3.8) is 0 Å². The van der Waals surface area contributed by atoms with Crippen molar-refractivity contribution in [2.75, 3.05) is 5.75 Å². The summed E-state index contributed by atoms with van der Waals surface area (Å²) in [5.41, 5.74) is 0. The standard InChI is InChI=1S/C3H5NO3S.Na/c5-3(6)2(1-8)4-7;/h2,8H,1H2,(H,5,6);/q;+1/p-1/t2-;/m0./s1. The number of nitroso groups, excluding NO2 is 1. The van der Waals surface area contributed by atoms with Crippen LogP contribution in [0.15, 0.2) is 5.18 Å². The molecule has 0 aromatic rings. The van der Waals surface area contributed by atoms with Gasteiger partial charge in [-0.25, -0.2) is 0 Å². The van der Waals surface area contributed by atoms with Crippen LogP contribution in [0.3, 0.4) is 0 Å². The SMILES string of the molecule is O=N[C@@H](CS)C(=O)[O-].[Na+]. The molecule has 9 heavy (non-hydrogen) atoms. The summed E-state index contributed by atoms with van der Waals surface area (Å²) in [5.74, 6) is -1.58. The Morgan fingerprint density at radius 3 is 2.22 bits per heavy atom. The maximum Gasteiger partial charge on any atom is 1.00 e. The van der Waals surface area contributed by atoms with E-state index in [0.29, 0.717) is 0 Å². The fraction of sp³-hybridized carbons (Fsp3) is 0.667. The Bertz CT molecular complexity index is 109. The van der Waals surface area contributed by atoms with Crippen LogP contribution in [0.25, 0.3) is 0 Å². The number of nitrogens with zero attached hydrogens (tertiary/aromatic N) is 1. The zero-order chi connectivity index (χ0) is 6.57. The van der Waals surface area contributed by atoms with Gasteiger partial charge >= 0.3 is 29.6 Å². The van der Waals surface area contributed by atoms with Crippen LogP contribution in [-0.4, -0.2) is 17.8 Å². The van der Waals surface area contributed by atoms with E-state index in [1.54, 1.807) is 0 Å². The second-order valence-corrected chi connectivity index (χ2v) is 1.49. The number of carbonyl (C=O) groups excluding carboxylic acids is 1. The van der Waals surface area contributed by atoms with Crippen molar-refractivity contribution in [1.29, 1.82) is 0 Å². The van der Waals surface area contributed by atoms with Gasteiger partial charge in [0.2, 0.25) is 0 Å². The summed E-state index contributed by atoms with van der Waals surface area (Å²) in [6.45, 7) is 0. The maximum atomic E-state index is 9.71. The Labute approximate surface area is 79.7 Å². The van der Waals surface area contributed by atoms with E-state index < -0.39 is 12.0 Å². The van der Waals surface area contributed by atoms with Gasteiger partial charge in [-0.1, -0.05) is 5.18 Å². The molecule has 4 nitrogen and oxygen atoms in total. The van der Waals surface area contributed by atoms with Crippen LogP contribution in [0.2, 0.25) is 0 Å². The Hall–Kier alpha value is 0.420. The summed E-state index contributed by atoms with van der Waals surface area (Å²) < 4.78 is 0. The molecule has 0 rings (SSSR count). The smallest absolute Gasteiger partial charge is 0.548 e. The van der Waals surface area contributed by atoms with E-state index in [-0.39, 0.29) is 35.3 Å². The normalized spacial score (nSPS) is 11.2. The van der Waals surface area contributed by atoms with Crippen LogP contribution in [0, 0.1) is 4.91 Å². The van der Waals surface area contributed by atoms with Crippen molar-refractivity contribution in [2.24, 2.45) is 5.18 Å². The van der Waals surface area contributed by atoms with Gasteiger partial charge < -0.3 is 9.90 Å². The topological polar surface area (TPSA) is 69.6 Å². The molecule has 0 saturated carbocycles. The molecule has 46 valence electrons. The quantitative estimate of drug-likeness (QED) is 0.256. The van der Waals surface area contributed by atoms with Crippen LogP contribution in [-0.2, 0) is 4.79 Å².